The summed E-state index contributed by atoms with van der Waals surface area (Å²) in [5.74, 6) is 1.13. The highest BCUT2D eigenvalue weighted by atomic mass is 32.1. The minimum atomic E-state index is -0.316. The van der Waals surface area contributed by atoms with Crippen LogP contribution in [0.15, 0.2) is 22.0 Å². The molecule has 0 saturated carbocycles. The second-order valence-electron chi connectivity index (χ2n) is 3.78. The summed E-state index contributed by atoms with van der Waals surface area (Å²) in [6.45, 7) is 0.653. The van der Waals surface area contributed by atoms with Crippen molar-refractivity contribution in [1.29, 1.82) is 0 Å². The lowest BCUT2D eigenvalue weighted by molar-refractivity contribution is 0.344. The molecular weight excluding hydrogens is 224 g/mol. The highest BCUT2D eigenvalue weighted by Gasteiger charge is 2.17. The fourth-order valence-electron chi connectivity index (χ4n) is 1.33. The molecule has 0 aromatic carbocycles. The molecule has 16 heavy (non-hydrogen) atoms. The van der Waals surface area contributed by atoms with Gasteiger partial charge in [0.1, 0.15) is 6.04 Å². The first kappa shape index (κ1) is 11.3. The van der Waals surface area contributed by atoms with Gasteiger partial charge in [-0.15, -0.1) is 11.3 Å². The number of hydrogen-bond donors (Lipinski definition) is 1. The third-order valence-electron chi connectivity index (χ3n) is 2.06. The largest absolute Gasteiger partial charge is 0.337 e. The topological polar surface area (TPSA) is 68.2 Å². The van der Waals surface area contributed by atoms with Gasteiger partial charge in [-0.2, -0.15) is 4.98 Å². The standard InChI is InChI=1S/C10H14N4OS/c1-14(2)6-8-12-10(15-13-8)9(11)7-4-3-5-16-7/h3-5,9H,6,11H2,1-2H3. The van der Waals surface area contributed by atoms with Crippen LogP contribution in [0.25, 0.3) is 0 Å². The second kappa shape index (κ2) is 4.73. The molecule has 0 amide bonds. The maximum absolute atomic E-state index is 6.01. The first-order valence-corrected chi connectivity index (χ1v) is 5.81. The van der Waals surface area contributed by atoms with Crippen LogP contribution in [0.5, 0.6) is 0 Å². The van der Waals surface area contributed by atoms with Gasteiger partial charge in [-0.3, -0.25) is 0 Å². The van der Waals surface area contributed by atoms with Crippen LogP contribution in [0.3, 0.4) is 0 Å². The van der Waals surface area contributed by atoms with Crippen molar-refractivity contribution in [2.24, 2.45) is 5.73 Å². The molecule has 0 aliphatic heterocycles. The monoisotopic (exact) mass is 238 g/mol. The quantitative estimate of drug-likeness (QED) is 0.868. The second-order valence-corrected chi connectivity index (χ2v) is 4.76. The molecule has 0 radical (unpaired) electrons. The van der Waals surface area contributed by atoms with E-state index in [9.17, 15) is 0 Å². The van der Waals surface area contributed by atoms with Crippen LogP contribution >= 0.6 is 11.3 Å². The molecule has 0 fully saturated rings. The van der Waals surface area contributed by atoms with Crippen LogP contribution in [-0.4, -0.2) is 29.1 Å². The fraction of sp³-hybridized carbons (Fsp3) is 0.400. The minimum absolute atomic E-state index is 0.316. The Morgan fingerprint density at radius 2 is 2.38 bits per heavy atom. The first-order valence-electron chi connectivity index (χ1n) is 4.93. The van der Waals surface area contributed by atoms with Crippen molar-refractivity contribution in [2.75, 3.05) is 14.1 Å². The van der Waals surface area contributed by atoms with Crippen LogP contribution in [0.2, 0.25) is 0 Å². The van der Waals surface area contributed by atoms with E-state index in [1.807, 2.05) is 36.5 Å². The van der Waals surface area contributed by atoms with Crippen molar-refractivity contribution in [3.8, 4) is 0 Å². The number of aromatic nitrogens is 2. The van der Waals surface area contributed by atoms with Crippen molar-refractivity contribution >= 4 is 11.3 Å². The van der Waals surface area contributed by atoms with E-state index in [0.717, 1.165) is 4.88 Å². The molecule has 86 valence electrons. The van der Waals surface area contributed by atoms with Crippen molar-refractivity contribution < 1.29 is 4.52 Å². The van der Waals surface area contributed by atoms with E-state index in [1.54, 1.807) is 11.3 Å². The third kappa shape index (κ3) is 2.46. The Bertz CT molecular complexity index is 437. The van der Waals surface area contributed by atoms with Crippen LogP contribution in [-0.2, 0) is 6.54 Å². The van der Waals surface area contributed by atoms with Gasteiger partial charge in [0.05, 0.1) is 6.54 Å². The molecule has 0 aliphatic carbocycles. The number of thiophene rings is 1. The predicted octanol–water partition coefficient (Wildman–Crippen LogP) is 1.24. The zero-order valence-corrected chi connectivity index (χ0v) is 10.1. The highest BCUT2D eigenvalue weighted by Crippen LogP contribution is 2.22. The summed E-state index contributed by atoms with van der Waals surface area (Å²) in [5, 5.41) is 5.86. The number of rotatable bonds is 4. The van der Waals surface area contributed by atoms with Crippen molar-refractivity contribution in [3.63, 3.8) is 0 Å². The maximum atomic E-state index is 6.01. The zero-order chi connectivity index (χ0) is 11.5. The Labute approximate surface area is 97.9 Å². The Morgan fingerprint density at radius 3 is 3.00 bits per heavy atom. The van der Waals surface area contributed by atoms with Gasteiger partial charge < -0.3 is 15.2 Å². The van der Waals surface area contributed by atoms with E-state index in [-0.39, 0.29) is 6.04 Å². The Hall–Kier alpha value is -1.24. The summed E-state index contributed by atoms with van der Waals surface area (Å²) in [7, 11) is 3.91. The van der Waals surface area contributed by atoms with Gasteiger partial charge in [-0.05, 0) is 25.5 Å². The summed E-state index contributed by atoms with van der Waals surface area (Å²) in [5.41, 5.74) is 6.01. The van der Waals surface area contributed by atoms with Crippen molar-refractivity contribution in [2.45, 2.75) is 12.6 Å². The molecule has 2 N–H and O–H groups in total. The van der Waals surface area contributed by atoms with Crippen molar-refractivity contribution in [3.05, 3.63) is 34.1 Å². The molecule has 0 spiro atoms. The average molecular weight is 238 g/mol. The summed E-state index contributed by atoms with van der Waals surface area (Å²) in [6, 6.07) is 3.60. The molecule has 5 nitrogen and oxygen atoms in total. The Kier molecular flexibility index (Phi) is 3.33. The molecular formula is C10H14N4OS. The minimum Gasteiger partial charge on any atom is -0.337 e. The maximum Gasteiger partial charge on any atom is 0.249 e. The third-order valence-corrected chi connectivity index (χ3v) is 3.01. The summed E-state index contributed by atoms with van der Waals surface area (Å²) in [4.78, 5) is 7.27. The van der Waals surface area contributed by atoms with Crippen LogP contribution in [0.4, 0.5) is 0 Å². The zero-order valence-electron chi connectivity index (χ0n) is 9.25. The lowest BCUT2D eigenvalue weighted by Crippen LogP contribution is -2.13. The van der Waals surface area contributed by atoms with Gasteiger partial charge >= 0.3 is 0 Å². The van der Waals surface area contributed by atoms with E-state index >= 15 is 0 Å². The average Bonchev–Trinajstić information content (AvgIpc) is 2.84. The van der Waals surface area contributed by atoms with Gasteiger partial charge in [-0.25, -0.2) is 0 Å². The number of nitrogens with two attached hydrogens (primary N) is 1. The van der Waals surface area contributed by atoms with Crippen LogP contribution < -0.4 is 5.73 Å². The highest BCUT2D eigenvalue weighted by molar-refractivity contribution is 7.10. The molecule has 1 atom stereocenters. The lowest BCUT2D eigenvalue weighted by Gasteiger charge is -2.04. The van der Waals surface area contributed by atoms with Gasteiger partial charge in [-0.1, -0.05) is 11.2 Å². The Morgan fingerprint density at radius 1 is 1.56 bits per heavy atom. The van der Waals surface area contributed by atoms with Crippen molar-refractivity contribution in [1.82, 2.24) is 15.0 Å². The van der Waals surface area contributed by atoms with Gasteiger partial charge in [0.2, 0.25) is 5.89 Å². The van der Waals surface area contributed by atoms with Gasteiger partial charge in [0.25, 0.3) is 0 Å². The molecule has 1 unspecified atom stereocenters. The normalized spacial score (nSPS) is 13.2. The molecule has 6 heteroatoms. The van der Waals surface area contributed by atoms with E-state index in [0.29, 0.717) is 18.3 Å². The molecule has 0 saturated heterocycles. The molecule has 2 aromatic rings. The van der Waals surface area contributed by atoms with E-state index in [2.05, 4.69) is 10.1 Å². The SMILES string of the molecule is CN(C)Cc1noc(C(N)c2cccs2)n1. The summed E-state index contributed by atoms with van der Waals surface area (Å²) >= 11 is 1.59. The first-order chi connectivity index (χ1) is 7.66. The smallest absolute Gasteiger partial charge is 0.249 e. The van der Waals surface area contributed by atoms with E-state index in [4.69, 9.17) is 10.3 Å². The number of hydrogen-bond acceptors (Lipinski definition) is 6. The molecule has 2 heterocycles. The molecule has 0 bridgehead atoms. The Balaban J connectivity index is 2.12. The molecule has 0 aliphatic rings. The summed E-state index contributed by atoms with van der Waals surface area (Å²) < 4.78 is 5.14. The van der Waals surface area contributed by atoms with E-state index in [1.165, 1.54) is 0 Å². The molecule has 2 rings (SSSR count). The molecule has 2 aromatic heterocycles. The van der Waals surface area contributed by atoms with Gasteiger partial charge in [0.15, 0.2) is 5.82 Å². The van der Waals surface area contributed by atoms with E-state index < -0.39 is 0 Å². The summed E-state index contributed by atoms with van der Waals surface area (Å²) in [6.07, 6.45) is 0. The lowest BCUT2D eigenvalue weighted by atomic mass is 10.2. The van der Waals surface area contributed by atoms with Crippen LogP contribution in [0.1, 0.15) is 22.6 Å². The van der Waals surface area contributed by atoms with Gasteiger partial charge in [0, 0.05) is 4.88 Å². The number of nitrogens with zero attached hydrogens (tertiary/aromatic N) is 3. The fourth-order valence-corrected chi connectivity index (χ4v) is 2.05. The van der Waals surface area contributed by atoms with Crippen LogP contribution in [0, 0.1) is 0 Å². The predicted molar refractivity (Wildman–Crippen MR) is 62.0 cm³/mol.